The van der Waals surface area contributed by atoms with Gasteiger partial charge in [-0.25, -0.2) is 0 Å². The van der Waals surface area contributed by atoms with Crippen molar-refractivity contribution in [1.29, 1.82) is 0 Å². The molecule has 402 valence electrons. The number of carbonyl (C=O) groups is 11. The highest BCUT2D eigenvalue weighted by Gasteiger charge is 1.94. The molecule has 0 aromatic heterocycles. The van der Waals surface area contributed by atoms with Crippen LogP contribution in [-0.2, 0) is 105 Å². The Morgan fingerprint density at radius 1 is 0.269 bits per heavy atom. The molecule has 0 aliphatic rings. The predicted molar refractivity (Wildman–Crippen MR) is 247 cm³/mol. The fraction of sp³-hybridized carbons (Fsp3) is 0.750. The Labute approximate surface area is 399 Å². The zero-order valence-corrected chi connectivity index (χ0v) is 44.4. The second-order valence-corrected chi connectivity index (χ2v) is 10.3. The molecule has 0 saturated carbocycles. The third kappa shape index (κ3) is 239. The van der Waals surface area contributed by atoms with Crippen LogP contribution in [0.2, 0.25) is 0 Å². The number of carbonyl (C=O) groups excluding carboxylic acids is 11. The maximum absolute atomic E-state index is 10.0. The molecule has 0 radical (unpaired) electrons. The van der Waals surface area contributed by atoms with E-state index in [-0.39, 0.29) is 78.7 Å². The third-order valence-electron chi connectivity index (χ3n) is 4.02. The minimum atomic E-state index is -0.373. The van der Waals surface area contributed by atoms with Gasteiger partial charge in [0.2, 0.25) is 0 Å². The van der Waals surface area contributed by atoms with Crippen LogP contribution in [0, 0.1) is 0 Å². The van der Waals surface area contributed by atoms with E-state index in [1.807, 2.05) is 0 Å². The Bertz CT molecular complexity index is 905. The Morgan fingerprint density at radius 2 is 0.373 bits per heavy atom. The van der Waals surface area contributed by atoms with Gasteiger partial charge in [0.05, 0.1) is 86.2 Å². The van der Waals surface area contributed by atoms with E-state index in [4.69, 9.17) is 5.11 Å². The number of rotatable bonds is 12. The average molecular weight is 985 g/mol. The summed E-state index contributed by atoms with van der Waals surface area (Å²) in [6.07, 6.45) is 0.0938. The van der Waals surface area contributed by atoms with Crippen LogP contribution < -0.4 is 0 Å². The van der Waals surface area contributed by atoms with Crippen LogP contribution in [0.4, 0.5) is 0 Å². The fourth-order valence-corrected chi connectivity index (χ4v) is 2.23. The monoisotopic (exact) mass is 985 g/mol. The van der Waals surface area contributed by atoms with Crippen LogP contribution in [0.1, 0.15) is 145 Å². The third-order valence-corrected chi connectivity index (χ3v) is 4.02. The number of hydrogen-bond acceptors (Lipinski definition) is 23. The first-order chi connectivity index (χ1) is 31.0. The zero-order valence-electron chi connectivity index (χ0n) is 44.4. The van der Waals surface area contributed by atoms with Crippen molar-refractivity contribution in [2.45, 2.75) is 145 Å². The van der Waals surface area contributed by atoms with Gasteiger partial charge in [-0.05, 0) is 69.2 Å². The van der Waals surface area contributed by atoms with E-state index in [1.165, 1.54) is 76.3 Å². The first-order valence-electron chi connectivity index (χ1n) is 21.0. The van der Waals surface area contributed by atoms with Crippen LogP contribution in [0.15, 0.2) is 0 Å². The first kappa shape index (κ1) is 88.0. The van der Waals surface area contributed by atoms with E-state index in [9.17, 15) is 52.7 Å². The van der Waals surface area contributed by atoms with Crippen molar-refractivity contribution in [3.8, 4) is 0 Å². The molecule has 23 heteroatoms. The summed E-state index contributed by atoms with van der Waals surface area (Å²) >= 11 is 0. The molecular formula is C44H88O23. The van der Waals surface area contributed by atoms with E-state index >= 15 is 0 Å². The van der Waals surface area contributed by atoms with Gasteiger partial charge in [0.1, 0.15) is 0 Å². The molecule has 0 aromatic rings. The van der Waals surface area contributed by atoms with Gasteiger partial charge in [-0.15, -0.1) is 0 Å². The summed E-state index contributed by atoms with van der Waals surface area (Å²) < 4.78 is 48.2. The van der Waals surface area contributed by atoms with Crippen molar-refractivity contribution in [2.24, 2.45) is 0 Å². The second kappa shape index (κ2) is 83.7. The molecule has 67 heavy (non-hydrogen) atoms. The standard InChI is InChI=1S/C4H8O3.10C4H8O2/c1-7-4(6)2-3-5;10*1-3-6-4(2)5/h5H,2-3H2,1H3;10*3H2,1-2H3. The fourth-order valence-electron chi connectivity index (χ4n) is 2.23. The maximum Gasteiger partial charge on any atom is 0.307 e. The van der Waals surface area contributed by atoms with E-state index in [1.54, 1.807) is 69.2 Å². The number of aliphatic hydroxyl groups excluding tert-OH is 1. The summed E-state index contributed by atoms with van der Waals surface area (Å²) in [6.45, 7) is 36.4. The highest BCUT2D eigenvalue weighted by atomic mass is 16.6. The molecule has 0 aromatic carbocycles. The van der Waals surface area contributed by atoms with Crippen LogP contribution in [0.3, 0.4) is 0 Å². The largest absolute Gasteiger partial charge is 0.469 e. The highest BCUT2D eigenvalue weighted by Crippen LogP contribution is 1.78. The predicted octanol–water partition coefficient (Wildman–Crippen LogP) is 5.24. The summed E-state index contributed by atoms with van der Waals surface area (Å²) in [5, 5.41) is 8.07. The zero-order chi connectivity index (χ0) is 55.6. The highest BCUT2D eigenvalue weighted by molar-refractivity contribution is 5.69. The molecular weight excluding hydrogens is 896 g/mol. The molecule has 0 rings (SSSR count). The summed E-state index contributed by atoms with van der Waals surface area (Å²) in [4.78, 5) is 108. The molecule has 0 aliphatic carbocycles. The first-order valence-corrected chi connectivity index (χ1v) is 21.0. The topological polar surface area (TPSA) is 310 Å². The molecule has 0 spiro atoms. The van der Waals surface area contributed by atoms with Crippen molar-refractivity contribution >= 4 is 65.7 Å². The van der Waals surface area contributed by atoms with Gasteiger partial charge in [0.15, 0.2) is 0 Å². The Hall–Kier alpha value is -5.87. The minimum absolute atomic E-state index is 0.0938. The molecule has 0 fully saturated rings. The summed E-state index contributed by atoms with van der Waals surface area (Å²) in [7, 11) is 1.29. The van der Waals surface area contributed by atoms with Gasteiger partial charge in [-0.3, -0.25) is 52.7 Å². The molecule has 0 unspecified atom stereocenters. The van der Waals surface area contributed by atoms with Gasteiger partial charge >= 0.3 is 65.7 Å². The number of esters is 11. The molecule has 0 atom stereocenters. The van der Waals surface area contributed by atoms with E-state index in [2.05, 4.69) is 52.1 Å². The van der Waals surface area contributed by atoms with Crippen molar-refractivity contribution in [3.63, 3.8) is 0 Å². The van der Waals surface area contributed by atoms with Crippen LogP contribution >= 0.6 is 0 Å². The molecule has 0 heterocycles. The molecule has 0 saturated heterocycles. The Kier molecular flexibility index (Phi) is 110. The van der Waals surface area contributed by atoms with Gasteiger partial charge in [0, 0.05) is 69.2 Å². The maximum atomic E-state index is 10.0. The number of aliphatic hydroxyl groups is 1. The van der Waals surface area contributed by atoms with Gasteiger partial charge in [-0.1, -0.05) is 0 Å². The molecule has 1 N–H and O–H groups in total. The quantitative estimate of drug-likeness (QED) is 0.193. The van der Waals surface area contributed by atoms with E-state index in [0.717, 1.165) is 0 Å². The summed E-state index contributed by atoms with van der Waals surface area (Å²) in [5.41, 5.74) is 0. The van der Waals surface area contributed by atoms with Crippen LogP contribution in [0.25, 0.3) is 0 Å². The molecule has 0 amide bonds. The van der Waals surface area contributed by atoms with Crippen molar-refractivity contribution in [3.05, 3.63) is 0 Å². The van der Waals surface area contributed by atoms with Gasteiger partial charge < -0.3 is 57.2 Å². The molecule has 0 aliphatic heterocycles. The number of ether oxygens (including phenoxy) is 11. The second-order valence-electron chi connectivity index (χ2n) is 10.3. The van der Waals surface area contributed by atoms with Gasteiger partial charge in [-0.2, -0.15) is 0 Å². The molecule has 23 nitrogen and oxygen atoms in total. The average Bonchev–Trinajstić information content (AvgIpc) is 3.17. The lowest BCUT2D eigenvalue weighted by molar-refractivity contribution is -0.142. The summed E-state index contributed by atoms with van der Waals surface area (Å²) in [6, 6.07) is 0. The number of methoxy groups -OCH3 is 1. The lowest BCUT2D eigenvalue weighted by Gasteiger charge is -1.90. The lowest BCUT2D eigenvalue weighted by atomic mass is 10.5. The number of hydrogen-bond donors (Lipinski definition) is 1. The molecule has 0 bridgehead atoms. The van der Waals surface area contributed by atoms with Crippen LogP contribution in [0.5, 0.6) is 0 Å². The smallest absolute Gasteiger partial charge is 0.307 e. The summed E-state index contributed by atoms with van der Waals surface area (Å²) in [5.74, 6) is -2.48. The Morgan fingerprint density at radius 3 is 0.388 bits per heavy atom. The van der Waals surface area contributed by atoms with Crippen LogP contribution in [-0.4, -0.2) is 151 Å². The van der Waals surface area contributed by atoms with Crippen molar-refractivity contribution in [2.75, 3.05) is 79.8 Å². The Balaban J connectivity index is -0.0000000572. The van der Waals surface area contributed by atoms with Crippen molar-refractivity contribution in [1.82, 2.24) is 0 Å². The van der Waals surface area contributed by atoms with E-state index in [0.29, 0.717) is 66.1 Å². The van der Waals surface area contributed by atoms with Gasteiger partial charge in [0.25, 0.3) is 0 Å². The lowest BCUT2D eigenvalue weighted by Crippen LogP contribution is -2.01. The minimum Gasteiger partial charge on any atom is -0.469 e. The van der Waals surface area contributed by atoms with E-state index < -0.39 is 0 Å². The SMILES string of the molecule is CCOC(C)=O.CCOC(C)=O.CCOC(C)=O.CCOC(C)=O.CCOC(C)=O.CCOC(C)=O.CCOC(C)=O.CCOC(C)=O.CCOC(C)=O.CCOC(C)=O.COC(=O)CCO. The normalized spacial score (nSPS) is 7.73. The van der Waals surface area contributed by atoms with Crippen molar-refractivity contribution < 1.29 is 110 Å².